The van der Waals surface area contributed by atoms with E-state index >= 15 is 0 Å². The minimum Gasteiger partial charge on any atom is -0.399 e. The number of carbonyl (C=O) groups is 1. The fraction of sp³-hybridized carbons (Fsp3) is 0.417. The van der Waals surface area contributed by atoms with E-state index < -0.39 is 27.3 Å². The minimum absolute atomic E-state index is 0.00821. The zero-order valence-corrected chi connectivity index (χ0v) is 11.7. The Balaban J connectivity index is 3.01. The van der Waals surface area contributed by atoms with Crippen molar-refractivity contribution in [2.24, 2.45) is 0 Å². The molecule has 0 aliphatic carbocycles. The van der Waals surface area contributed by atoms with Crippen molar-refractivity contribution in [2.45, 2.75) is 18.7 Å². The molecule has 0 saturated heterocycles. The first kappa shape index (κ1) is 15.4. The van der Waals surface area contributed by atoms with Crippen molar-refractivity contribution in [3.63, 3.8) is 0 Å². The highest BCUT2D eigenvalue weighted by Crippen LogP contribution is 2.17. The van der Waals surface area contributed by atoms with Crippen LogP contribution in [0.4, 0.5) is 10.1 Å². The maximum Gasteiger partial charge on any atom is 0.238 e. The molecule has 0 spiro atoms. The van der Waals surface area contributed by atoms with Gasteiger partial charge in [0.2, 0.25) is 5.91 Å². The molecule has 1 aromatic carbocycles. The largest absolute Gasteiger partial charge is 0.399 e. The molecule has 0 atom stereocenters. The van der Waals surface area contributed by atoms with Gasteiger partial charge >= 0.3 is 0 Å². The Morgan fingerprint density at radius 3 is 2.32 bits per heavy atom. The Bertz CT molecular complexity index is 548. The number of halogens is 1. The van der Waals surface area contributed by atoms with Crippen LogP contribution < -0.4 is 5.73 Å². The Hall–Kier alpha value is -1.63. The van der Waals surface area contributed by atoms with Crippen molar-refractivity contribution < 1.29 is 17.6 Å². The second kappa shape index (κ2) is 6.01. The molecule has 0 radical (unpaired) electrons. The average molecular weight is 288 g/mol. The highest BCUT2D eigenvalue weighted by molar-refractivity contribution is 7.92. The van der Waals surface area contributed by atoms with Gasteiger partial charge in [-0.3, -0.25) is 4.79 Å². The van der Waals surface area contributed by atoms with Crippen molar-refractivity contribution in [3.05, 3.63) is 24.0 Å². The monoisotopic (exact) mass is 288 g/mol. The number of hydrogen-bond donors (Lipinski definition) is 1. The van der Waals surface area contributed by atoms with E-state index in [2.05, 4.69) is 0 Å². The highest BCUT2D eigenvalue weighted by atomic mass is 32.2. The van der Waals surface area contributed by atoms with Crippen LogP contribution in [-0.4, -0.2) is 38.1 Å². The Labute approximate surface area is 112 Å². The summed E-state index contributed by atoms with van der Waals surface area (Å²) in [5.41, 5.74) is 5.41. The van der Waals surface area contributed by atoms with Gasteiger partial charge in [-0.05, 0) is 32.0 Å². The number of nitrogens with zero attached hydrogens (tertiary/aromatic N) is 1. The van der Waals surface area contributed by atoms with Gasteiger partial charge in [0.25, 0.3) is 0 Å². The molecule has 7 heteroatoms. The summed E-state index contributed by atoms with van der Waals surface area (Å²) in [5, 5.41) is 0. The molecule has 0 heterocycles. The van der Waals surface area contributed by atoms with Crippen LogP contribution in [0.5, 0.6) is 0 Å². The second-order valence-corrected chi connectivity index (χ2v) is 6.03. The molecule has 1 aromatic rings. The first-order valence-electron chi connectivity index (χ1n) is 5.86. The van der Waals surface area contributed by atoms with Gasteiger partial charge < -0.3 is 10.6 Å². The van der Waals surface area contributed by atoms with Crippen molar-refractivity contribution in [2.75, 3.05) is 24.6 Å². The van der Waals surface area contributed by atoms with Gasteiger partial charge in [-0.2, -0.15) is 0 Å². The van der Waals surface area contributed by atoms with Crippen LogP contribution in [0.1, 0.15) is 13.8 Å². The molecule has 0 fully saturated rings. The smallest absolute Gasteiger partial charge is 0.238 e. The molecule has 0 bridgehead atoms. The summed E-state index contributed by atoms with van der Waals surface area (Å²) < 4.78 is 37.2. The Kier molecular flexibility index (Phi) is 4.88. The molecule has 19 heavy (non-hydrogen) atoms. The molecule has 1 rings (SSSR count). The minimum atomic E-state index is -3.88. The second-order valence-electron chi connectivity index (χ2n) is 4.05. The van der Waals surface area contributed by atoms with Gasteiger partial charge in [-0.1, -0.05) is 0 Å². The lowest BCUT2D eigenvalue weighted by molar-refractivity contribution is -0.128. The number of sulfone groups is 1. The lowest BCUT2D eigenvalue weighted by Crippen LogP contribution is -2.35. The van der Waals surface area contributed by atoms with Crippen LogP contribution in [0.2, 0.25) is 0 Å². The van der Waals surface area contributed by atoms with Crippen LogP contribution in [-0.2, 0) is 14.6 Å². The summed E-state index contributed by atoms with van der Waals surface area (Å²) in [7, 11) is -3.88. The number of amides is 1. The van der Waals surface area contributed by atoms with Crippen molar-refractivity contribution in [1.29, 1.82) is 0 Å². The summed E-state index contributed by atoms with van der Waals surface area (Å²) in [6.07, 6.45) is 0. The van der Waals surface area contributed by atoms with E-state index in [1.807, 2.05) is 0 Å². The average Bonchev–Trinajstić information content (AvgIpc) is 2.28. The van der Waals surface area contributed by atoms with Crippen LogP contribution in [0.15, 0.2) is 23.1 Å². The lowest BCUT2D eigenvalue weighted by atomic mass is 10.3. The third kappa shape index (κ3) is 3.92. The van der Waals surface area contributed by atoms with Crippen LogP contribution in [0, 0.1) is 5.82 Å². The van der Waals surface area contributed by atoms with Crippen molar-refractivity contribution in [1.82, 2.24) is 4.90 Å². The predicted octanol–water partition coefficient (Wildman–Crippen LogP) is 1.05. The summed E-state index contributed by atoms with van der Waals surface area (Å²) in [6.45, 7) is 4.37. The van der Waals surface area contributed by atoms with E-state index in [0.717, 1.165) is 18.2 Å². The molecule has 0 aliphatic rings. The molecule has 0 unspecified atom stereocenters. The van der Waals surface area contributed by atoms with Crippen LogP contribution in [0.25, 0.3) is 0 Å². The van der Waals surface area contributed by atoms with E-state index in [9.17, 15) is 17.6 Å². The van der Waals surface area contributed by atoms with Crippen molar-refractivity contribution in [3.8, 4) is 0 Å². The SMILES string of the molecule is CCN(CC)C(=O)CS(=O)(=O)c1cc(N)cc(F)c1. The predicted molar refractivity (Wildman–Crippen MR) is 70.8 cm³/mol. The molecule has 0 aromatic heterocycles. The van der Waals surface area contributed by atoms with Crippen LogP contribution in [0.3, 0.4) is 0 Å². The number of hydrogen-bond acceptors (Lipinski definition) is 4. The third-order valence-corrected chi connectivity index (χ3v) is 4.26. The fourth-order valence-corrected chi connectivity index (χ4v) is 2.96. The maximum absolute atomic E-state index is 13.1. The number of nitrogen functional groups attached to an aromatic ring is 1. The zero-order chi connectivity index (χ0) is 14.6. The van der Waals surface area contributed by atoms with E-state index in [1.54, 1.807) is 13.8 Å². The van der Waals surface area contributed by atoms with Gasteiger partial charge in [-0.25, -0.2) is 12.8 Å². The molecular weight excluding hydrogens is 271 g/mol. The molecule has 1 amide bonds. The molecule has 0 saturated carbocycles. The summed E-state index contributed by atoms with van der Waals surface area (Å²) >= 11 is 0. The quantitative estimate of drug-likeness (QED) is 0.821. The molecule has 2 N–H and O–H groups in total. The zero-order valence-electron chi connectivity index (χ0n) is 10.9. The standard InChI is InChI=1S/C12H17FN2O3S/c1-3-15(4-2)12(16)8-19(17,18)11-6-9(13)5-10(14)7-11/h5-7H,3-4,8,14H2,1-2H3. The highest BCUT2D eigenvalue weighted by Gasteiger charge is 2.23. The van der Waals surface area contributed by atoms with Gasteiger partial charge in [0.15, 0.2) is 9.84 Å². The number of anilines is 1. The fourth-order valence-electron chi connectivity index (χ4n) is 1.68. The van der Waals surface area contributed by atoms with E-state index in [-0.39, 0.29) is 10.6 Å². The summed E-state index contributed by atoms with van der Waals surface area (Å²) in [6, 6.07) is 3.03. The molecule has 106 valence electrons. The lowest BCUT2D eigenvalue weighted by Gasteiger charge is -2.18. The molecule has 0 aliphatic heterocycles. The summed E-state index contributed by atoms with van der Waals surface area (Å²) in [4.78, 5) is 12.9. The van der Waals surface area contributed by atoms with Gasteiger partial charge in [0.05, 0.1) is 4.90 Å². The van der Waals surface area contributed by atoms with E-state index in [1.165, 1.54) is 4.90 Å². The Morgan fingerprint density at radius 1 is 1.26 bits per heavy atom. The number of nitrogens with two attached hydrogens (primary N) is 1. The molecule has 5 nitrogen and oxygen atoms in total. The van der Waals surface area contributed by atoms with Gasteiger partial charge in [-0.15, -0.1) is 0 Å². The first-order chi connectivity index (χ1) is 8.80. The Morgan fingerprint density at radius 2 is 1.84 bits per heavy atom. The van der Waals surface area contributed by atoms with Crippen LogP contribution >= 0.6 is 0 Å². The first-order valence-corrected chi connectivity index (χ1v) is 7.52. The third-order valence-electron chi connectivity index (χ3n) is 2.68. The number of rotatable bonds is 5. The number of benzene rings is 1. The van der Waals surface area contributed by atoms with Gasteiger partial charge in [0.1, 0.15) is 11.6 Å². The van der Waals surface area contributed by atoms with E-state index in [4.69, 9.17) is 5.73 Å². The normalized spacial score (nSPS) is 11.3. The number of carbonyl (C=O) groups excluding carboxylic acids is 1. The maximum atomic E-state index is 13.1. The van der Waals surface area contributed by atoms with E-state index in [0.29, 0.717) is 13.1 Å². The van der Waals surface area contributed by atoms with Crippen molar-refractivity contribution >= 4 is 21.4 Å². The summed E-state index contributed by atoms with van der Waals surface area (Å²) in [5.74, 6) is -1.93. The molecular formula is C12H17FN2O3S. The van der Waals surface area contributed by atoms with Gasteiger partial charge in [0, 0.05) is 18.8 Å². The topological polar surface area (TPSA) is 80.5 Å².